The lowest BCUT2D eigenvalue weighted by atomic mass is 10.2. The average molecular weight is 333 g/mol. The van der Waals surface area contributed by atoms with Crippen molar-refractivity contribution in [2.24, 2.45) is 0 Å². The van der Waals surface area contributed by atoms with Gasteiger partial charge in [0, 0.05) is 30.7 Å². The molecule has 0 unspecified atom stereocenters. The van der Waals surface area contributed by atoms with Gasteiger partial charge in [-0.1, -0.05) is 23.2 Å². The van der Waals surface area contributed by atoms with E-state index in [1.54, 1.807) is 18.5 Å². The van der Waals surface area contributed by atoms with Crippen LogP contribution in [0.5, 0.6) is 0 Å². The minimum Gasteiger partial charge on any atom is -0.362 e. The first-order valence-electron chi connectivity index (χ1n) is 5.40. The Morgan fingerprint density at radius 3 is 2.89 bits per heavy atom. The van der Waals surface area contributed by atoms with E-state index in [9.17, 15) is 0 Å². The maximum atomic E-state index is 6.04. The molecule has 0 spiro atoms. The van der Waals surface area contributed by atoms with Gasteiger partial charge in [-0.3, -0.25) is 4.98 Å². The third kappa shape index (κ3) is 4.28. The van der Waals surface area contributed by atoms with Crippen LogP contribution in [-0.2, 0) is 6.42 Å². The van der Waals surface area contributed by atoms with Crippen molar-refractivity contribution in [3.63, 3.8) is 0 Å². The Morgan fingerprint density at radius 2 is 2.16 bits per heavy atom. The number of hydrogen-bond donors (Lipinski definition) is 2. The average Bonchev–Trinajstić information content (AvgIpc) is 2.87. The summed E-state index contributed by atoms with van der Waals surface area (Å²) in [5.74, 6) is 0. The van der Waals surface area contributed by atoms with Gasteiger partial charge in [0.05, 0.1) is 15.7 Å². The van der Waals surface area contributed by atoms with Gasteiger partial charge in [-0.25, -0.2) is 4.98 Å². The quantitative estimate of drug-likeness (QED) is 0.840. The van der Waals surface area contributed by atoms with Crippen molar-refractivity contribution < 1.29 is 0 Å². The molecule has 0 fully saturated rings. The van der Waals surface area contributed by atoms with E-state index < -0.39 is 0 Å². The van der Waals surface area contributed by atoms with E-state index in [2.05, 4.69) is 20.6 Å². The van der Waals surface area contributed by atoms with E-state index in [-0.39, 0.29) is 0 Å². The maximum absolute atomic E-state index is 6.04. The summed E-state index contributed by atoms with van der Waals surface area (Å²) in [6.07, 6.45) is 3.99. The fraction of sp³-hybridized carbons (Fsp3) is 0.182. The molecule has 8 heteroatoms. The van der Waals surface area contributed by atoms with Crippen molar-refractivity contribution >= 4 is 57.0 Å². The SMILES string of the molecule is S=C(NCCc1nccc(Cl)c1Cl)Nc1nccs1. The van der Waals surface area contributed by atoms with E-state index in [0.717, 1.165) is 10.8 Å². The number of nitrogens with one attached hydrogen (secondary N) is 2. The number of thiazole rings is 1. The minimum atomic E-state index is 0.491. The van der Waals surface area contributed by atoms with Crippen LogP contribution in [0, 0.1) is 0 Å². The predicted octanol–water partition coefficient (Wildman–Crippen LogP) is 3.37. The number of aromatic nitrogens is 2. The number of nitrogens with zero attached hydrogens (tertiary/aromatic N) is 2. The molecular weight excluding hydrogens is 323 g/mol. The number of hydrogen-bond acceptors (Lipinski definition) is 4. The zero-order valence-corrected chi connectivity index (χ0v) is 12.8. The molecule has 0 atom stereocenters. The molecule has 100 valence electrons. The van der Waals surface area contributed by atoms with E-state index >= 15 is 0 Å². The third-order valence-corrected chi connectivity index (χ3v) is 3.98. The fourth-order valence-corrected chi connectivity index (χ4v) is 2.52. The van der Waals surface area contributed by atoms with E-state index in [4.69, 9.17) is 35.4 Å². The van der Waals surface area contributed by atoms with Crippen LogP contribution in [-0.4, -0.2) is 21.6 Å². The van der Waals surface area contributed by atoms with Gasteiger partial charge in [0.15, 0.2) is 10.2 Å². The molecule has 0 radical (unpaired) electrons. The Balaban J connectivity index is 1.80. The molecule has 2 aromatic heterocycles. The molecule has 0 aliphatic rings. The highest BCUT2D eigenvalue weighted by molar-refractivity contribution is 7.80. The predicted molar refractivity (Wildman–Crippen MR) is 84.3 cm³/mol. The van der Waals surface area contributed by atoms with Gasteiger partial charge in [0.2, 0.25) is 0 Å². The molecule has 2 N–H and O–H groups in total. The van der Waals surface area contributed by atoms with E-state index in [0.29, 0.717) is 28.1 Å². The second-order valence-corrected chi connectivity index (χ2v) is 5.61. The summed E-state index contributed by atoms with van der Waals surface area (Å²) in [6.45, 7) is 0.615. The number of rotatable bonds is 4. The lowest BCUT2D eigenvalue weighted by Crippen LogP contribution is -2.30. The molecule has 0 saturated heterocycles. The second kappa shape index (κ2) is 7.00. The summed E-state index contributed by atoms with van der Waals surface area (Å²) in [7, 11) is 0. The molecule has 0 aliphatic carbocycles. The van der Waals surface area contributed by atoms with Gasteiger partial charge >= 0.3 is 0 Å². The zero-order chi connectivity index (χ0) is 13.7. The van der Waals surface area contributed by atoms with Crippen molar-refractivity contribution in [2.75, 3.05) is 11.9 Å². The summed E-state index contributed by atoms with van der Waals surface area (Å²) in [6, 6.07) is 1.66. The van der Waals surface area contributed by atoms with Crippen LogP contribution in [0.1, 0.15) is 5.69 Å². The van der Waals surface area contributed by atoms with Crippen LogP contribution >= 0.6 is 46.8 Å². The maximum Gasteiger partial charge on any atom is 0.188 e. The lowest BCUT2D eigenvalue weighted by Gasteiger charge is -2.09. The Morgan fingerprint density at radius 1 is 1.32 bits per heavy atom. The minimum absolute atomic E-state index is 0.491. The highest BCUT2D eigenvalue weighted by Gasteiger charge is 2.06. The van der Waals surface area contributed by atoms with Crippen molar-refractivity contribution in [2.45, 2.75) is 6.42 Å². The van der Waals surface area contributed by atoms with Crippen molar-refractivity contribution in [1.82, 2.24) is 15.3 Å². The van der Waals surface area contributed by atoms with Gasteiger partial charge < -0.3 is 10.6 Å². The number of anilines is 1. The normalized spacial score (nSPS) is 10.2. The van der Waals surface area contributed by atoms with Gasteiger partial charge in [0.25, 0.3) is 0 Å². The monoisotopic (exact) mass is 332 g/mol. The third-order valence-electron chi connectivity index (χ3n) is 2.21. The van der Waals surface area contributed by atoms with E-state index in [1.165, 1.54) is 11.3 Å². The molecule has 2 heterocycles. The van der Waals surface area contributed by atoms with Crippen molar-refractivity contribution in [3.8, 4) is 0 Å². The Bertz CT molecular complexity index is 560. The highest BCUT2D eigenvalue weighted by atomic mass is 35.5. The first-order chi connectivity index (χ1) is 9.16. The number of pyridine rings is 1. The largest absolute Gasteiger partial charge is 0.362 e. The summed E-state index contributed by atoms with van der Waals surface area (Å²) < 4.78 is 0. The van der Waals surface area contributed by atoms with Crippen LogP contribution in [0.15, 0.2) is 23.8 Å². The fourth-order valence-electron chi connectivity index (χ4n) is 1.36. The van der Waals surface area contributed by atoms with E-state index in [1.807, 2.05) is 5.38 Å². The summed E-state index contributed by atoms with van der Waals surface area (Å²) >= 11 is 18.6. The summed E-state index contributed by atoms with van der Waals surface area (Å²) in [5, 5.41) is 10.2. The highest BCUT2D eigenvalue weighted by Crippen LogP contribution is 2.23. The molecule has 4 nitrogen and oxygen atoms in total. The van der Waals surface area contributed by atoms with Crippen LogP contribution in [0.25, 0.3) is 0 Å². The standard InChI is InChI=1S/C11H10Cl2N4S2/c12-7-1-3-14-8(9(7)13)2-4-15-10(18)17-11-16-5-6-19-11/h1,3,5-6H,2,4H2,(H2,15,16,17,18). The molecule has 2 rings (SSSR count). The van der Waals surface area contributed by atoms with Crippen LogP contribution in [0.3, 0.4) is 0 Å². The van der Waals surface area contributed by atoms with Crippen LogP contribution in [0.4, 0.5) is 5.13 Å². The number of thiocarbonyl (C=S) groups is 1. The molecule has 0 amide bonds. The summed E-state index contributed by atoms with van der Waals surface area (Å²) in [4.78, 5) is 8.26. The molecule has 0 aliphatic heterocycles. The molecule has 0 aromatic carbocycles. The Kier molecular flexibility index (Phi) is 5.33. The van der Waals surface area contributed by atoms with Crippen LogP contribution in [0.2, 0.25) is 10.0 Å². The Hall–Kier alpha value is -0.950. The molecule has 0 saturated carbocycles. The molecule has 19 heavy (non-hydrogen) atoms. The van der Waals surface area contributed by atoms with Crippen LogP contribution < -0.4 is 10.6 Å². The number of halogens is 2. The summed E-state index contributed by atoms with van der Waals surface area (Å²) in [5.41, 5.74) is 0.749. The first kappa shape index (κ1) is 14.5. The first-order valence-corrected chi connectivity index (χ1v) is 7.44. The second-order valence-electron chi connectivity index (χ2n) is 3.52. The zero-order valence-electron chi connectivity index (χ0n) is 9.69. The molecule has 0 bridgehead atoms. The molecular formula is C11H10Cl2N4S2. The van der Waals surface area contributed by atoms with Crippen molar-refractivity contribution in [3.05, 3.63) is 39.6 Å². The van der Waals surface area contributed by atoms with Gasteiger partial charge in [-0.05, 0) is 18.3 Å². The Labute approximate surface area is 130 Å². The topological polar surface area (TPSA) is 49.8 Å². The van der Waals surface area contributed by atoms with Gasteiger partial charge in [-0.2, -0.15) is 0 Å². The van der Waals surface area contributed by atoms with Gasteiger partial charge in [0.1, 0.15) is 0 Å². The van der Waals surface area contributed by atoms with Crippen molar-refractivity contribution in [1.29, 1.82) is 0 Å². The molecule has 2 aromatic rings. The lowest BCUT2D eigenvalue weighted by molar-refractivity contribution is 0.847. The smallest absolute Gasteiger partial charge is 0.188 e. The van der Waals surface area contributed by atoms with Gasteiger partial charge in [-0.15, -0.1) is 11.3 Å².